The van der Waals surface area contributed by atoms with Gasteiger partial charge in [-0.15, -0.1) is 0 Å². The lowest BCUT2D eigenvalue weighted by Crippen LogP contribution is -2.45. The Labute approximate surface area is 227 Å². The van der Waals surface area contributed by atoms with Crippen molar-refractivity contribution in [1.29, 1.82) is 0 Å². The summed E-state index contributed by atoms with van der Waals surface area (Å²) in [6.45, 7) is 4.96. The van der Waals surface area contributed by atoms with Crippen LogP contribution >= 0.6 is 0 Å². The molecule has 0 atom stereocenters. The molecule has 0 unspecified atom stereocenters. The third-order valence-corrected chi connectivity index (χ3v) is 7.21. The van der Waals surface area contributed by atoms with Crippen LogP contribution in [0.15, 0.2) is 118 Å². The number of hydrogen-bond acceptors (Lipinski definition) is 5. The molecule has 0 bridgehead atoms. The number of rotatable bonds is 6. The summed E-state index contributed by atoms with van der Waals surface area (Å²) in [5.74, 6) is -0.200. The standard InChI is InChI=1S/C33H29N3O3/c37-32(26-12-10-25(11-13-26)30-22-27-8-4-5-9-31(27)39-33(30)38)34-28-14-16-29(17-15-28)36-20-18-35(19-21-36)23-24-6-2-1-3-7-24/h1-17,22H,18-21,23H2,(H,34,37). The molecule has 39 heavy (non-hydrogen) atoms. The first-order valence-corrected chi connectivity index (χ1v) is 13.2. The summed E-state index contributed by atoms with van der Waals surface area (Å²) in [5, 5.41) is 3.82. The molecule has 1 fully saturated rings. The molecule has 1 aromatic heterocycles. The van der Waals surface area contributed by atoms with E-state index in [2.05, 4.69) is 57.6 Å². The summed E-state index contributed by atoms with van der Waals surface area (Å²) in [7, 11) is 0. The Hall–Kier alpha value is -4.68. The molecule has 0 saturated carbocycles. The number of fused-ring (bicyclic) bond motifs is 1. The Morgan fingerprint density at radius 2 is 1.46 bits per heavy atom. The first kappa shape index (κ1) is 24.6. The van der Waals surface area contributed by atoms with Gasteiger partial charge in [-0.3, -0.25) is 9.69 Å². The fourth-order valence-corrected chi connectivity index (χ4v) is 5.03. The number of nitrogens with zero attached hydrogens (tertiary/aromatic N) is 2. The first-order valence-electron chi connectivity index (χ1n) is 13.2. The number of carbonyl (C=O) groups excluding carboxylic acids is 1. The van der Waals surface area contributed by atoms with E-state index in [1.807, 2.05) is 36.4 Å². The van der Waals surface area contributed by atoms with Crippen LogP contribution in [-0.2, 0) is 6.54 Å². The van der Waals surface area contributed by atoms with E-state index >= 15 is 0 Å². The van der Waals surface area contributed by atoms with Gasteiger partial charge < -0.3 is 14.6 Å². The zero-order valence-corrected chi connectivity index (χ0v) is 21.5. The van der Waals surface area contributed by atoms with Crippen molar-refractivity contribution < 1.29 is 9.21 Å². The van der Waals surface area contributed by atoms with Gasteiger partial charge in [-0.05, 0) is 59.7 Å². The van der Waals surface area contributed by atoms with Crippen molar-refractivity contribution in [2.75, 3.05) is 36.4 Å². The van der Waals surface area contributed by atoms with E-state index in [0.29, 0.717) is 22.3 Å². The highest BCUT2D eigenvalue weighted by atomic mass is 16.4. The largest absolute Gasteiger partial charge is 0.422 e. The molecule has 0 aliphatic carbocycles. The lowest BCUT2D eigenvalue weighted by molar-refractivity contribution is 0.102. The average Bonchev–Trinajstić information content (AvgIpc) is 2.98. The van der Waals surface area contributed by atoms with Gasteiger partial charge in [-0.2, -0.15) is 0 Å². The molecule has 6 rings (SSSR count). The Balaban J connectivity index is 1.06. The summed E-state index contributed by atoms with van der Waals surface area (Å²) < 4.78 is 5.45. The van der Waals surface area contributed by atoms with Gasteiger partial charge in [0.25, 0.3) is 5.91 Å². The van der Waals surface area contributed by atoms with Gasteiger partial charge in [-0.1, -0.05) is 60.7 Å². The highest BCUT2D eigenvalue weighted by Crippen LogP contribution is 2.23. The van der Waals surface area contributed by atoms with E-state index in [0.717, 1.165) is 49.5 Å². The van der Waals surface area contributed by atoms with Crippen molar-refractivity contribution in [2.45, 2.75) is 6.54 Å². The van der Waals surface area contributed by atoms with Crippen LogP contribution in [-0.4, -0.2) is 37.0 Å². The monoisotopic (exact) mass is 515 g/mol. The molecule has 0 spiro atoms. The number of anilines is 2. The minimum atomic E-state index is -0.399. The molecule has 1 aliphatic rings. The van der Waals surface area contributed by atoms with Crippen molar-refractivity contribution in [1.82, 2.24) is 4.90 Å². The Bertz CT molecular complexity index is 1640. The highest BCUT2D eigenvalue weighted by molar-refractivity contribution is 6.04. The average molecular weight is 516 g/mol. The van der Waals surface area contributed by atoms with Crippen molar-refractivity contribution in [3.8, 4) is 11.1 Å². The van der Waals surface area contributed by atoms with E-state index in [-0.39, 0.29) is 5.91 Å². The van der Waals surface area contributed by atoms with Gasteiger partial charge in [0.15, 0.2) is 0 Å². The normalized spacial score (nSPS) is 13.9. The molecule has 2 heterocycles. The Kier molecular flexibility index (Phi) is 6.93. The maximum Gasteiger partial charge on any atom is 0.344 e. The van der Waals surface area contributed by atoms with E-state index in [1.165, 1.54) is 5.56 Å². The summed E-state index contributed by atoms with van der Waals surface area (Å²) >= 11 is 0. The topological polar surface area (TPSA) is 65.8 Å². The predicted octanol–water partition coefficient (Wildman–Crippen LogP) is 6.03. The molecule has 6 nitrogen and oxygen atoms in total. The molecule has 0 radical (unpaired) electrons. The Morgan fingerprint density at radius 3 is 2.21 bits per heavy atom. The van der Waals surface area contributed by atoms with Crippen molar-refractivity contribution >= 4 is 28.3 Å². The highest BCUT2D eigenvalue weighted by Gasteiger charge is 2.17. The molecule has 1 N–H and O–H groups in total. The van der Waals surface area contributed by atoms with Gasteiger partial charge in [0.05, 0.1) is 5.56 Å². The molecule has 194 valence electrons. The summed E-state index contributed by atoms with van der Waals surface area (Å²) in [6, 6.07) is 34.8. The SMILES string of the molecule is O=C(Nc1ccc(N2CCN(Cc3ccccc3)CC2)cc1)c1ccc(-c2cc3ccccc3oc2=O)cc1. The van der Waals surface area contributed by atoms with Gasteiger partial charge in [0.1, 0.15) is 5.58 Å². The van der Waals surface area contributed by atoms with Crippen molar-refractivity contribution in [3.63, 3.8) is 0 Å². The van der Waals surface area contributed by atoms with Gasteiger partial charge in [0, 0.05) is 55.0 Å². The number of nitrogens with one attached hydrogen (secondary N) is 1. The van der Waals surface area contributed by atoms with Crippen LogP contribution in [0.1, 0.15) is 15.9 Å². The van der Waals surface area contributed by atoms with Crippen LogP contribution in [0.4, 0.5) is 11.4 Å². The maximum absolute atomic E-state index is 12.9. The van der Waals surface area contributed by atoms with Crippen LogP contribution in [0.3, 0.4) is 0 Å². The zero-order valence-electron chi connectivity index (χ0n) is 21.5. The smallest absolute Gasteiger partial charge is 0.344 e. The van der Waals surface area contributed by atoms with Crippen LogP contribution in [0, 0.1) is 0 Å². The summed E-state index contributed by atoms with van der Waals surface area (Å²) in [4.78, 5) is 30.2. The van der Waals surface area contributed by atoms with Crippen molar-refractivity contribution in [3.05, 3.63) is 131 Å². The number of para-hydroxylation sites is 1. The van der Waals surface area contributed by atoms with Crippen LogP contribution in [0.25, 0.3) is 22.1 Å². The second kappa shape index (κ2) is 11.0. The predicted molar refractivity (Wildman–Crippen MR) is 156 cm³/mol. The summed E-state index contributed by atoms with van der Waals surface area (Å²) in [5.41, 5.74) is 5.10. The second-order valence-electron chi connectivity index (χ2n) is 9.81. The molecule has 6 heteroatoms. The minimum Gasteiger partial charge on any atom is -0.422 e. The third-order valence-electron chi connectivity index (χ3n) is 7.21. The minimum absolute atomic E-state index is 0.200. The molecule has 1 amide bonds. The van der Waals surface area contributed by atoms with Gasteiger partial charge >= 0.3 is 5.63 Å². The van der Waals surface area contributed by atoms with E-state index < -0.39 is 5.63 Å². The second-order valence-corrected chi connectivity index (χ2v) is 9.81. The molecular weight excluding hydrogens is 486 g/mol. The zero-order chi connectivity index (χ0) is 26.6. The first-order chi connectivity index (χ1) is 19.1. The third kappa shape index (κ3) is 5.61. The number of carbonyl (C=O) groups is 1. The summed E-state index contributed by atoms with van der Waals surface area (Å²) in [6.07, 6.45) is 0. The van der Waals surface area contributed by atoms with E-state index in [9.17, 15) is 9.59 Å². The van der Waals surface area contributed by atoms with Crippen LogP contribution < -0.4 is 15.8 Å². The number of benzene rings is 4. The number of hydrogen-bond donors (Lipinski definition) is 1. The number of amides is 1. The number of piperazine rings is 1. The molecule has 1 aliphatic heterocycles. The van der Waals surface area contributed by atoms with Gasteiger partial charge in [-0.25, -0.2) is 4.79 Å². The van der Waals surface area contributed by atoms with Crippen LogP contribution in [0.5, 0.6) is 0 Å². The lowest BCUT2D eigenvalue weighted by atomic mass is 10.0. The lowest BCUT2D eigenvalue weighted by Gasteiger charge is -2.36. The van der Waals surface area contributed by atoms with Gasteiger partial charge in [0.2, 0.25) is 0 Å². The maximum atomic E-state index is 12.9. The molecular formula is C33H29N3O3. The fraction of sp³-hybridized carbons (Fsp3) is 0.152. The molecule has 4 aromatic carbocycles. The quantitative estimate of drug-likeness (QED) is 0.280. The molecule has 1 saturated heterocycles. The fourth-order valence-electron chi connectivity index (χ4n) is 5.03. The Morgan fingerprint density at radius 1 is 0.769 bits per heavy atom. The van der Waals surface area contributed by atoms with Crippen LogP contribution in [0.2, 0.25) is 0 Å². The van der Waals surface area contributed by atoms with E-state index in [4.69, 9.17) is 4.42 Å². The van der Waals surface area contributed by atoms with E-state index in [1.54, 1.807) is 30.3 Å². The molecule has 5 aromatic rings. The van der Waals surface area contributed by atoms with Crippen molar-refractivity contribution in [2.24, 2.45) is 0 Å².